The third-order valence-electron chi connectivity index (χ3n) is 8.07. The SMILES string of the molecule is CCCCCC/C=C\CCSSCCCCC1(CCCCCSSCC/C=C\CCCCCCC)OCC(CCN(C)C)O1. The highest BCUT2D eigenvalue weighted by Crippen LogP contribution is 2.36. The number of ether oxygens (including phenoxy) is 2. The average Bonchev–Trinajstić information content (AvgIpc) is 3.43. The average molecular weight is 690 g/mol. The molecule has 1 aliphatic rings. The molecule has 7 heteroatoms. The van der Waals surface area contributed by atoms with Crippen molar-refractivity contribution in [2.45, 2.75) is 161 Å². The van der Waals surface area contributed by atoms with Crippen LogP contribution in [0.5, 0.6) is 0 Å². The predicted octanol–water partition coefficient (Wildman–Crippen LogP) is 12.8. The number of hydrogen-bond acceptors (Lipinski definition) is 7. The van der Waals surface area contributed by atoms with Gasteiger partial charge in [-0.05, 0) is 84.7 Å². The van der Waals surface area contributed by atoms with Crippen LogP contribution in [-0.4, -0.2) is 67.0 Å². The van der Waals surface area contributed by atoms with E-state index in [1.165, 1.54) is 139 Å². The van der Waals surface area contributed by atoms with Gasteiger partial charge in [0.25, 0.3) is 0 Å². The van der Waals surface area contributed by atoms with Gasteiger partial charge in [0.1, 0.15) is 0 Å². The lowest BCUT2D eigenvalue weighted by Crippen LogP contribution is -2.31. The minimum absolute atomic E-state index is 0.254. The van der Waals surface area contributed by atoms with Gasteiger partial charge in [0.15, 0.2) is 5.79 Å². The summed E-state index contributed by atoms with van der Waals surface area (Å²) in [6.07, 6.45) is 36.5. The van der Waals surface area contributed by atoms with Crippen LogP contribution in [0.1, 0.15) is 149 Å². The highest BCUT2D eigenvalue weighted by Gasteiger charge is 2.40. The van der Waals surface area contributed by atoms with Gasteiger partial charge < -0.3 is 14.4 Å². The Morgan fingerprint density at radius 1 is 0.591 bits per heavy atom. The maximum absolute atomic E-state index is 6.65. The summed E-state index contributed by atoms with van der Waals surface area (Å²) < 4.78 is 13.1. The standard InChI is InChI=1S/C37H71NO2S4/c1-5-7-9-11-13-15-17-19-24-31-41-43-33-25-20-21-28-37(39-35-36(40-37)27-30-38(3)4)29-22-26-34-44-42-32-23-18-16-14-12-10-8-6-2/h16-19,36H,5-15,20-35H2,1-4H3/b18-16-,19-17-. The van der Waals surface area contributed by atoms with Gasteiger partial charge in [-0.15, -0.1) is 0 Å². The first kappa shape index (κ1) is 42.8. The lowest BCUT2D eigenvalue weighted by atomic mass is 10.0. The summed E-state index contributed by atoms with van der Waals surface area (Å²) in [4.78, 5) is 2.25. The molecule has 0 N–H and O–H groups in total. The Labute approximate surface area is 291 Å². The first-order valence-electron chi connectivity index (χ1n) is 18.4. The lowest BCUT2D eigenvalue weighted by Gasteiger charge is -2.28. The van der Waals surface area contributed by atoms with E-state index in [1.54, 1.807) is 0 Å². The molecule has 2 unspecified atom stereocenters. The van der Waals surface area contributed by atoms with Crippen LogP contribution >= 0.6 is 43.2 Å². The molecule has 1 aliphatic heterocycles. The first-order valence-corrected chi connectivity index (χ1v) is 23.3. The monoisotopic (exact) mass is 689 g/mol. The molecule has 0 aromatic heterocycles. The summed E-state index contributed by atoms with van der Waals surface area (Å²) in [6.45, 7) is 6.40. The minimum Gasteiger partial charge on any atom is -0.347 e. The Morgan fingerprint density at radius 3 is 1.66 bits per heavy atom. The smallest absolute Gasteiger partial charge is 0.168 e. The van der Waals surface area contributed by atoms with E-state index < -0.39 is 0 Å². The molecule has 2 atom stereocenters. The van der Waals surface area contributed by atoms with E-state index in [4.69, 9.17) is 9.47 Å². The Bertz CT molecular complexity index is 663. The maximum Gasteiger partial charge on any atom is 0.168 e. The minimum atomic E-state index is -0.332. The molecule has 1 rings (SSSR count). The molecule has 0 aromatic rings. The van der Waals surface area contributed by atoms with Crippen molar-refractivity contribution in [3.8, 4) is 0 Å². The summed E-state index contributed by atoms with van der Waals surface area (Å²) in [6, 6.07) is 0. The van der Waals surface area contributed by atoms with Gasteiger partial charge in [0, 0.05) is 42.4 Å². The van der Waals surface area contributed by atoms with Crippen LogP contribution in [-0.2, 0) is 9.47 Å². The van der Waals surface area contributed by atoms with Gasteiger partial charge in [0.2, 0.25) is 0 Å². The van der Waals surface area contributed by atoms with Crippen molar-refractivity contribution in [3.63, 3.8) is 0 Å². The predicted molar refractivity (Wildman–Crippen MR) is 209 cm³/mol. The molecular formula is C37H71NO2S4. The molecule has 1 saturated heterocycles. The van der Waals surface area contributed by atoms with Crippen LogP contribution < -0.4 is 0 Å². The summed E-state index contributed by atoms with van der Waals surface area (Å²) >= 11 is 0. The number of unbranched alkanes of at least 4 members (excludes halogenated alkanes) is 12. The second-order valence-electron chi connectivity index (χ2n) is 12.7. The van der Waals surface area contributed by atoms with Gasteiger partial charge in [-0.3, -0.25) is 0 Å². The van der Waals surface area contributed by atoms with E-state index in [9.17, 15) is 0 Å². The second-order valence-corrected chi connectivity index (χ2v) is 18.1. The molecule has 0 aromatic carbocycles. The lowest BCUT2D eigenvalue weighted by molar-refractivity contribution is -0.179. The van der Waals surface area contributed by atoms with Crippen molar-refractivity contribution in [2.24, 2.45) is 0 Å². The molecule has 0 radical (unpaired) electrons. The van der Waals surface area contributed by atoms with E-state index in [0.29, 0.717) is 0 Å². The first-order chi connectivity index (χ1) is 21.6. The highest BCUT2D eigenvalue weighted by molar-refractivity contribution is 8.77. The summed E-state index contributed by atoms with van der Waals surface area (Å²) in [5.41, 5.74) is 0. The Balaban J connectivity index is 2.14. The molecule has 1 fully saturated rings. The molecule has 44 heavy (non-hydrogen) atoms. The van der Waals surface area contributed by atoms with Crippen molar-refractivity contribution in [1.29, 1.82) is 0 Å². The van der Waals surface area contributed by atoms with E-state index in [0.717, 1.165) is 32.4 Å². The Kier molecular flexibility index (Phi) is 31.4. The van der Waals surface area contributed by atoms with Crippen LogP contribution in [0, 0.1) is 0 Å². The van der Waals surface area contributed by atoms with Gasteiger partial charge in [-0.25, -0.2) is 0 Å². The number of rotatable bonds is 33. The summed E-state index contributed by atoms with van der Waals surface area (Å²) in [5.74, 6) is 4.63. The fourth-order valence-corrected chi connectivity index (χ4v) is 9.61. The molecule has 0 spiro atoms. The van der Waals surface area contributed by atoms with Crippen molar-refractivity contribution < 1.29 is 9.47 Å². The number of allylic oxidation sites excluding steroid dienone is 4. The summed E-state index contributed by atoms with van der Waals surface area (Å²) in [5, 5.41) is 0. The fraction of sp³-hybridized carbons (Fsp3) is 0.892. The quantitative estimate of drug-likeness (QED) is 0.0383. The molecule has 0 aliphatic carbocycles. The Hall–Kier alpha value is 0.760. The molecule has 1 heterocycles. The van der Waals surface area contributed by atoms with Gasteiger partial charge >= 0.3 is 0 Å². The van der Waals surface area contributed by atoms with E-state index in [1.807, 2.05) is 21.6 Å². The Morgan fingerprint density at radius 2 is 1.07 bits per heavy atom. The summed E-state index contributed by atoms with van der Waals surface area (Å²) in [7, 11) is 12.5. The fourth-order valence-electron chi connectivity index (χ4n) is 5.33. The van der Waals surface area contributed by atoms with E-state index in [2.05, 4.69) is 78.7 Å². The van der Waals surface area contributed by atoms with Crippen molar-refractivity contribution in [1.82, 2.24) is 4.90 Å². The van der Waals surface area contributed by atoms with Crippen molar-refractivity contribution >= 4 is 43.2 Å². The van der Waals surface area contributed by atoms with Crippen LogP contribution in [0.3, 0.4) is 0 Å². The molecular weight excluding hydrogens is 619 g/mol. The van der Waals surface area contributed by atoms with Crippen LogP contribution in [0.2, 0.25) is 0 Å². The zero-order valence-corrected chi connectivity index (χ0v) is 32.6. The zero-order chi connectivity index (χ0) is 31.8. The topological polar surface area (TPSA) is 21.7 Å². The van der Waals surface area contributed by atoms with Crippen LogP contribution in [0.25, 0.3) is 0 Å². The van der Waals surface area contributed by atoms with Crippen LogP contribution in [0.15, 0.2) is 24.3 Å². The zero-order valence-electron chi connectivity index (χ0n) is 29.4. The van der Waals surface area contributed by atoms with Crippen LogP contribution in [0.4, 0.5) is 0 Å². The molecule has 0 saturated carbocycles. The third kappa shape index (κ3) is 26.8. The van der Waals surface area contributed by atoms with E-state index >= 15 is 0 Å². The van der Waals surface area contributed by atoms with Crippen molar-refractivity contribution in [2.75, 3.05) is 50.3 Å². The number of nitrogens with zero attached hydrogens (tertiary/aromatic N) is 1. The van der Waals surface area contributed by atoms with Gasteiger partial charge in [-0.1, -0.05) is 133 Å². The maximum atomic E-state index is 6.65. The van der Waals surface area contributed by atoms with Gasteiger partial charge in [0.05, 0.1) is 12.7 Å². The highest BCUT2D eigenvalue weighted by atomic mass is 33.1. The molecule has 260 valence electrons. The van der Waals surface area contributed by atoms with E-state index in [-0.39, 0.29) is 11.9 Å². The van der Waals surface area contributed by atoms with Gasteiger partial charge in [-0.2, -0.15) is 0 Å². The second kappa shape index (κ2) is 32.3. The molecule has 3 nitrogen and oxygen atoms in total. The molecule has 0 amide bonds. The largest absolute Gasteiger partial charge is 0.347 e. The third-order valence-corrected chi connectivity index (χ3v) is 13.1. The normalized spacial score (nSPS) is 19.0. The van der Waals surface area contributed by atoms with Crippen molar-refractivity contribution in [3.05, 3.63) is 24.3 Å². The number of hydrogen-bond donors (Lipinski definition) is 0. The molecule has 0 bridgehead atoms.